The highest BCUT2D eigenvalue weighted by Gasteiger charge is 2.18. The van der Waals surface area contributed by atoms with Crippen molar-refractivity contribution < 1.29 is 24.1 Å². The highest BCUT2D eigenvalue weighted by molar-refractivity contribution is 5.70. The zero-order valence-electron chi connectivity index (χ0n) is 10.8. The van der Waals surface area contributed by atoms with Crippen LogP contribution in [0.3, 0.4) is 0 Å². The summed E-state index contributed by atoms with van der Waals surface area (Å²) in [5.41, 5.74) is 0.872. The van der Waals surface area contributed by atoms with E-state index in [1.165, 1.54) is 7.11 Å². The summed E-state index contributed by atoms with van der Waals surface area (Å²) < 4.78 is 15.2. The van der Waals surface area contributed by atoms with Gasteiger partial charge in [0.2, 0.25) is 0 Å². The minimum atomic E-state index is -0.869. The highest BCUT2D eigenvalue weighted by atomic mass is 16.5. The van der Waals surface area contributed by atoms with Crippen molar-refractivity contribution in [3.8, 4) is 11.5 Å². The fraction of sp³-hybridized carbons (Fsp3) is 0.462. The lowest BCUT2D eigenvalue weighted by atomic mass is 10.00. The Hall–Kier alpha value is -1.75. The number of carboxylic acid groups (broad SMARTS) is 1. The molecule has 0 spiro atoms. The largest absolute Gasteiger partial charge is 0.493 e. The summed E-state index contributed by atoms with van der Waals surface area (Å²) in [6.07, 6.45) is 0.392. The van der Waals surface area contributed by atoms with Crippen LogP contribution in [0, 0.1) is 5.92 Å². The summed E-state index contributed by atoms with van der Waals surface area (Å²) in [4.78, 5) is 11.0. The minimum absolute atomic E-state index is 0.184. The van der Waals surface area contributed by atoms with Gasteiger partial charge in [0.1, 0.15) is 0 Å². The van der Waals surface area contributed by atoms with Crippen molar-refractivity contribution in [1.82, 2.24) is 0 Å². The lowest BCUT2D eigenvalue weighted by Gasteiger charge is -2.13. The van der Waals surface area contributed by atoms with Gasteiger partial charge < -0.3 is 19.3 Å². The normalized spacial score (nSPS) is 11.9. The summed E-state index contributed by atoms with van der Waals surface area (Å²) in [5.74, 6) is -0.212. The van der Waals surface area contributed by atoms with Crippen LogP contribution < -0.4 is 9.47 Å². The molecular weight excluding hydrogens is 236 g/mol. The number of aliphatic carboxylic acids is 1. The van der Waals surface area contributed by atoms with E-state index in [4.69, 9.17) is 19.3 Å². The van der Waals surface area contributed by atoms with Crippen LogP contribution in [0.2, 0.25) is 0 Å². The number of benzene rings is 1. The number of ether oxygens (including phenoxy) is 3. The average molecular weight is 254 g/mol. The van der Waals surface area contributed by atoms with Crippen LogP contribution in [0.1, 0.15) is 5.56 Å². The first-order valence-corrected chi connectivity index (χ1v) is 5.55. The van der Waals surface area contributed by atoms with E-state index in [0.717, 1.165) is 5.56 Å². The molecule has 0 radical (unpaired) electrons. The molecule has 1 rings (SSSR count). The van der Waals surface area contributed by atoms with Gasteiger partial charge in [-0.15, -0.1) is 0 Å². The second-order valence-electron chi connectivity index (χ2n) is 3.88. The Labute approximate surface area is 106 Å². The summed E-state index contributed by atoms with van der Waals surface area (Å²) in [6, 6.07) is 5.37. The second-order valence-corrected chi connectivity index (χ2v) is 3.88. The molecular formula is C13H18O5. The molecule has 0 bridgehead atoms. The Morgan fingerprint density at radius 1 is 1.22 bits per heavy atom. The summed E-state index contributed by atoms with van der Waals surface area (Å²) in [5, 5.41) is 9.06. The van der Waals surface area contributed by atoms with Gasteiger partial charge in [0.25, 0.3) is 0 Å². The maximum atomic E-state index is 11.0. The molecule has 0 aliphatic heterocycles. The molecule has 5 heteroatoms. The maximum absolute atomic E-state index is 11.0. The van der Waals surface area contributed by atoms with E-state index in [0.29, 0.717) is 17.9 Å². The third kappa shape index (κ3) is 3.63. The molecule has 100 valence electrons. The van der Waals surface area contributed by atoms with Gasteiger partial charge in [0, 0.05) is 7.11 Å². The number of carbonyl (C=O) groups is 1. The first kappa shape index (κ1) is 14.3. The fourth-order valence-corrected chi connectivity index (χ4v) is 1.71. The number of hydrogen-bond acceptors (Lipinski definition) is 4. The van der Waals surface area contributed by atoms with Gasteiger partial charge in [-0.2, -0.15) is 0 Å². The molecule has 5 nitrogen and oxygen atoms in total. The molecule has 0 saturated carbocycles. The first-order valence-electron chi connectivity index (χ1n) is 5.55. The number of hydrogen-bond donors (Lipinski definition) is 1. The molecule has 0 aliphatic carbocycles. The predicted molar refractivity (Wildman–Crippen MR) is 66.3 cm³/mol. The van der Waals surface area contributed by atoms with Crippen LogP contribution in [0.5, 0.6) is 11.5 Å². The van der Waals surface area contributed by atoms with E-state index in [1.807, 2.05) is 6.07 Å². The molecule has 0 aromatic heterocycles. The van der Waals surface area contributed by atoms with Crippen LogP contribution >= 0.6 is 0 Å². The van der Waals surface area contributed by atoms with Crippen LogP contribution in [-0.4, -0.2) is 39.0 Å². The fourth-order valence-electron chi connectivity index (χ4n) is 1.71. The van der Waals surface area contributed by atoms with Gasteiger partial charge in [-0.05, 0) is 24.1 Å². The monoisotopic (exact) mass is 254 g/mol. The Bertz CT molecular complexity index is 402. The van der Waals surface area contributed by atoms with Crippen LogP contribution in [0.25, 0.3) is 0 Å². The van der Waals surface area contributed by atoms with Gasteiger partial charge in [0.05, 0.1) is 26.7 Å². The summed E-state index contributed by atoms with van der Waals surface area (Å²) >= 11 is 0. The molecule has 1 aromatic rings. The molecule has 1 atom stereocenters. The smallest absolute Gasteiger partial charge is 0.309 e. The first-order chi connectivity index (χ1) is 8.62. The Kier molecular flexibility index (Phi) is 5.45. The highest BCUT2D eigenvalue weighted by Crippen LogP contribution is 2.28. The quantitative estimate of drug-likeness (QED) is 0.800. The third-order valence-corrected chi connectivity index (χ3v) is 2.65. The molecule has 0 amide bonds. The van der Waals surface area contributed by atoms with E-state index in [1.54, 1.807) is 26.4 Å². The van der Waals surface area contributed by atoms with Crippen molar-refractivity contribution in [1.29, 1.82) is 0 Å². The molecule has 1 aromatic carbocycles. The molecule has 1 unspecified atom stereocenters. The van der Waals surface area contributed by atoms with E-state index < -0.39 is 11.9 Å². The standard InChI is InChI=1S/C13H18O5/c1-16-8-10(13(14)15)6-9-4-5-11(17-2)12(7-9)18-3/h4-5,7,10H,6,8H2,1-3H3,(H,14,15). The lowest BCUT2D eigenvalue weighted by molar-refractivity contribution is -0.143. The Balaban J connectivity index is 2.86. The second kappa shape index (κ2) is 6.86. The molecule has 0 fully saturated rings. The zero-order valence-corrected chi connectivity index (χ0v) is 10.8. The minimum Gasteiger partial charge on any atom is -0.493 e. The number of carboxylic acids is 1. The van der Waals surface area contributed by atoms with E-state index in [-0.39, 0.29) is 6.61 Å². The van der Waals surface area contributed by atoms with Crippen LogP contribution in [0.4, 0.5) is 0 Å². The molecule has 0 heterocycles. The van der Waals surface area contributed by atoms with E-state index in [2.05, 4.69) is 0 Å². The van der Waals surface area contributed by atoms with Gasteiger partial charge >= 0.3 is 5.97 Å². The summed E-state index contributed by atoms with van der Waals surface area (Å²) in [7, 11) is 4.60. The third-order valence-electron chi connectivity index (χ3n) is 2.65. The zero-order chi connectivity index (χ0) is 13.5. The van der Waals surface area contributed by atoms with E-state index >= 15 is 0 Å². The van der Waals surface area contributed by atoms with Crippen LogP contribution in [-0.2, 0) is 16.0 Å². The number of rotatable bonds is 7. The predicted octanol–water partition coefficient (Wildman–Crippen LogP) is 1.59. The van der Waals surface area contributed by atoms with Crippen molar-refractivity contribution in [3.05, 3.63) is 23.8 Å². The van der Waals surface area contributed by atoms with Crippen molar-refractivity contribution in [2.75, 3.05) is 27.9 Å². The van der Waals surface area contributed by atoms with Crippen molar-refractivity contribution in [2.24, 2.45) is 5.92 Å². The molecule has 0 aliphatic rings. The molecule has 0 saturated heterocycles. The topological polar surface area (TPSA) is 65.0 Å². The Morgan fingerprint density at radius 2 is 1.89 bits per heavy atom. The van der Waals surface area contributed by atoms with Crippen molar-refractivity contribution >= 4 is 5.97 Å². The van der Waals surface area contributed by atoms with Gasteiger partial charge in [0.15, 0.2) is 11.5 Å². The van der Waals surface area contributed by atoms with Gasteiger partial charge in [-0.25, -0.2) is 0 Å². The average Bonchev–Trinajstić information content (AvgIpc) is 2.37. The van der Waals surface area contributed by atoms with Crippen LogP contribution in [0.15, 0.2) is 18.2 Å². The van der Waals surface area contributed by atoms with Crippen molar-refractivity contribution in [3.63, 3.8) is 0 Å². The van der Waals surface area contributed by atoms with Gasteiger partial charge in [-0.3, -0.25) is 4.79 Å². The van der Waals surface area contributed by atoms with Crippen molar-refractivity contribution in [2.45, 2.75) is 6.42 Å². The molecule has 1 N–H and O–H groups in total. The molecule has 18 heavy (non-hydrogen) atoms. The summed E-state index contributed by atoms with van der Waals surface area (Å²) in [6.45, 7) is 0.184. The SMILES string of the molecule is COCC(Cc1ccc(OC)c(OC)c1)C(=O)O. The lowest BCUT2D eigenvalue weighted by Crippen LogP contribution is -2.21. The number of methoxy groups -OCH3 is 3. The van der Waals surface area contributed by atoms with Gasteiger partial charge in [-0.1, -0.05) is 6.07 Å². The Morgan fingerprint density at radius 3 is 2.39 bits per heavy atom. The van der Waals surface area contributed by atoms with E-state index in [9.17, 15) is 4.79 Å². The maximum Gasteiger partial charge on any atom is 0.309 e.